The molecule has 1 aromatic heterocycles. The quantitative estimate of drug-likeness (QED) is 0.764. The summed E-state index contributed by atoms with van der Waals surface area (Å²) in [5.74, 6) is 0. The van der Waals surface area contributed by atoms with Crippen molar-refractivity contribution in [2.75, 3.05) is 11.9 Å². The molecule has 1 atom stereocenters. The van der Waals surface area contributed by atoms with Gasteiger partial charge in [-0.05, 0) is 25.8 Å². The van der Waals surface area contributed by atoms with Gasteiger partial charge in [-0.15, -0.1) is 0 Å². The molecule has 0 bridgehead atoms. The zero-order chi connectivity index (χ0) is 11.1. The molecule has 0 aliphatic carbocycles. The zero-order valence-corrected chi connectivity index (χ0v) is 8.77. The fraction of sp³-hybridized carbons (Fsp3) is 0.455. The van der Waals surface area contributed by atoms with E-state index in [2.05, 4.69) is 16.4 Å². The van der Waals surface area contributed by atoms with Crippen molar-refractivity contribution in [2.24, 2.45) is 0 Å². The van der Waals surface area contributed by atoms with Crippen LogP contribution in [0.2, 0.25) is 0 Å². The standard InChI is InChI=1S/C11H15N3O/c1-9(3-2-6-15)14-11-8-13-5-4-10(11)7-12/h4-5,8-9,14-15H,2-3,6H2,1H3. The highest BCUT2D eigenvalue weighted by molar-refractivity contribution is 5.55. The Balaban J connectivity index is 2.60. The lowest BCUT2D eigenvalue weighted by Crippen LogP contribution is -2.16. The van der Waals surface area contributed by atoms with E-state index in [1.807, 2.05) is 6.92 Å². The molecule has 1 unspecified atom stereocenters. The van der Waals surface area contributed by atoms with Gasteiger partial charge >= 0.3 is 0 Å². The maximum atomic E-state index is 8.85. The van der Waals surface area contributed by atoms with Crippen LogP contribution in [-0.4, -0.2) is 22.7 Å². The lowest BCUT2D eigenvalue weighted by Gasteiger charge is -2.14. The number of aromatic nitrogens is 1. The highest BCUT2D eigenvalue weighted by Gasteiger charge is 2.05. The molecule has 15 heavy (non-hydrogen) atoms. The van der Waals surface area contributed by atoms with E-state index in [0.29, 0.717) is 5.56 Å². The number of nitrogens with zero attached hydrogens (tertiary/aromatic N) is 2. The van der Waals surface area contributed by atoms with Crippen LogP contribution >= 0.6 is 0 Å². The molecule has 1 rings (SSSR count). The van der Waals surface area contributed by atoms with Gasteiger partial charge in [-0.1, -0.05) is 0 Å². The summed E-state index contributed by atoms with van der Waals surface area (Å²) in [5.41, 5.74) is 1.35. The minimum Gasteiger partial charge on any atom is -0.396 e. The Hall–Kier alpha value is -1.60. The molecule has 1 aromatic rings. The number of rotatable bonds is 5. The molecule has 0 fully saturated rings. The van der Waals surface area contributed by atoms with Crippen LogP contribution in [0.4, 0.5) is 5.69 Å². The van der Waals surface area contributed by atoms with E-state index in [9.17, 15) is 0 Å². The second-order valence-electron chi connectivity index (χ2n) is 3.44. The molecule has 2 N–H and O–H groups in total. The molecular weight excluding hydrogens is 190 g/mol. The van der Waals surface area contributed by atoms with Crippen molar-refractivity contribution < 1.29 is 5.11 Å². The summed E-state index contributed by atoms with van der Waals surface area (Å²) in [7, 11) is 0. The van der Waals surface area contributed by atoms with Crippen LogP contribution in [0.15, 0.2) is 18.5 Å². The van der Waals surface area contributed by atoms with E-state index in [1.54, 1.807) is 18.5 Å². The molecule has 0 aliphatic rings. The first-order valence-corrected chi connectivity index (χ1v) is 4.99. The van der Waals surface area contributed by atoms with Crippen molar-refractivity contribution in [3.63, 3.8) is 0 Å². The number of hydrogen-bond acceptors (Lipinski definition) is 4. The van der Waals surface area contributed by atoms with Crippen molar-refractivity contribution >= 4 is 5.69 Å². The van der Waals surface area contributed by atoms with Crippen molar-refractivity contribution in [3.8, 4) is 6.07 Å². The van der Waals surface area contributed by atoms with E-state index < -0.39 is 0 Å². The molecule has 0 spiro atoms. The van der Waals surface area contributed by atoms with E-state index in [1.165, 1.54) is 0 Å². The number of pyridine rings is 1. The van der Waals surface area contributed by atoms with Crippen molar-refractivity contribution in [2.45, 2.75) is 25.8 Å². The molecule has 0 aliphatic heterocycles. The Labute approximate surface area is 89.6 Å². The van der Waals surface area contributed by atoms with Gasteiger partial charge in [0.15, 0.2) is 0 Å². The van der Waals surface area contributed by atoms with Gasteiger partial charge in [0.2, 0.25) is 0 Å². The normalized spacial score (nSPS) is 11.8. The zero-order valence-electron chi connectivity index (χ0n) is 8.77. The highest BCUT2D eigenvalue weighted by atomic mass is 16.2. The molecule has 0 amide bonds. The van der Waals surface area contributed by atoms with Crippen LogP contribution in [-0.2, 0) is 0 Å². The third-order valence-corrected chi connectivity index (χ3v) is 2.14. The van der Waals surface area contributed by atoms with Crippen LogP contribution < -0.4 is 5.32 Å². The summed E-state index contributed by atoms with van der Waals surface area (Å²) in [4.78, 5) is 3.96. The number of aliphatic hydroxyl groups is 1. The molecule has 0 radical (unpaired) electrons. The maximum Gasteiger partial charge on any atom is 0.101 e. The van der Waals surface area contributed by atoms with Crippen LogP contribution in [0.25, 0.3) is 0 Å². The van der Waals surface area contributed by atoms with Crippen LogP contribution in [0.1, 0.15) is 25.3 Å². The van der Waals surface area contributed by atoms with E-state index in [-0.39, 0.29) is 12.6 Å². The Kier molecular flexibility index (Phi) is 4.58. The van der Waals surface area contributed by atoms with Gasteiger partial charge in [-0.2, -0.15) is 5.26 Å². The van der Waals surface area contributed by atoms with Gasteiger partial charge < -0.3 is 10.4 Å². The summed E-state index contributed by atoms with van der Waals surface area (Å²) in [5, 5.41) is 20.7. The summed E-state index contributed by atoms with van der Waals surface area (Å²) >= 11 is 0. The molecule has 4 heteroatoms. The molecule has 1 heterocycles. The third-order valence-electron chi connectivity index (χ3n) is 2.14. The topological polar surface area (TPSA) is 68.9 Å². The minimum atomic E-state index is 0.199. The Morgan fingerprint density at radius 1 is 1.67 bits per heavy atom. The first kappa shape index (κ1) is 11.5. The largest absolute Gasteiger partial charge is 0.396 e. The Morgan fingerprint density at radius 2 is 2.47 bits per heavy atom. The van der Waals surface area contributed by atoms with Crippen molar-refractivity contribution in [1.29, 1.82) is 5.26 Å². The smallest absolute Gasteiger partial charge is 0.101 e. The predicted octanol–water partition coefficient (Wildman–Crippen LogP) is 1.53. The SMILES string of the molecule is CC(CCCO)Nc1cnccc1C#N. The number of hydrogen-bond donors (Lipinski definition) is 2. The first-order chi connectivity index (χ1) is 7.27. The average Bonchev–Trinajstić information content (AvgIpc) is 2.27. The van der Waals surface area contributed by atoms with Gasteiger partial charge in [0.1, 0.15) is 6.07 Å². The number of nitrogens with one attached hydrogen (secondary N) is 1. The second kappa shape index (κ2) is 5.99. The fourth-order valence-electron chi connectivity index (χ4n) is 1.34. The minimum absolute atomic E-state index is 0.199. The van der Waals surface area contributed by atoms with Crippen LogP contribution in [0.5, 0.6) is 0 Å². The molecule has 0 saturated heterocycles. The van der Waals surface area contributed by atoms with Crippen molar-refractivity contribution in [3.05, 3.63) is 24.0 Å². The van der Waals surface area contributed by atoms with Crippen LogP contribution in [0.3, 0.4) is 0 Å². The summed E-state index contributed by atoms with van der Waals surface area (Å²) in [6.07, 6.45) is 4.88. The molecule has 80 valence electrons. The lowest BCUT2D eigenvalue weighted by atomic mass is 10.1. The average molecular weight is 205 g/mol. The fourth-order valence-corrected chi connectivity index (χ4v) is 1.34. The summed E-state index contributed by atoms with van der Waals surface area (Å²) in [6.45, 7) is 2.22. The number of anilines is 1. The van der Waals surface area contributed by atoms with Gasteiger partial charge in [0, 0.05) is 18.8 Å². The Bertz CT molecular complexity index is 346. The van der Waals surface area contributed by atoms with Crippen LogP contribution in [0, 0.1) is 11.3 Å². The number of nitriles is 1. The van der Waals surface area contributed by atoms with E-state index in [0.717, 1.165) is 18.5 Å². The second-order valence-corrected chi connectivity index (χ2v) is 3.44. The Morgan fingerprint density at radius 3 is 3.13 bits per heavy atom. The maximum absolute atomic E-state index is 8.85. The monoisotopic (exact) mass is 205 g/mol. The molecule has 4 nitrogen and oxygen atoms in total. The lowest BCUT2D eigenvalue weighted by molar-refractivity contribution is 0.282. The van der Waals surface area contributed by atoms with E-state index >= 15 is 0 Å². The number of aliphatic hydroxyl groups excluding tert-OH is 1. The van der Waals surface area contributed by atoms with Crippen molar-refractivity contribution in [1.82, 2.24) is 4.98 Å². The van der Waals surface area contributed by atoms with Gasteiger partial charge in [-0.25, -0.2) is 0 Å². The van der Waals surface area contributed by atoms with Gasteiger partial charge in [0.25, 0.3) is 0 Å². The molecule has 0 saturated carbocycles. The molecule has 0 aromatic carbocycles. The van der Waals surface area contributed by atoms with Gasteiger partial charge in [0.05, 0.1) is 17.4 Å². The predicted molar refractivity (Wildman–Crippen MR) is 58.4 cm³/mol. The summed E-state index contributed by atoms with van der Waals surface area (Å²) in [6, 6.07) is 4.02. The van der Waals surface area contributed by atoms with E-state index in [4.69, 9.17) is 10.4 Å². The van der Waals surface area contributed by atoms with Gasteiger partial charge in [-0.3, -0.25) is 4.98 Å². The first-order valence-electron chi connectivity index (χ1n) is 4.99. The third kappa shape index (κ3) is 3.56. The highest BCUT2D eigenvalue weighted by Crippen LogP contribution is 2.14. The molecular formula is C11H15N3O. The summed E-state index contributed by atoms with van der Waals surface area (Å²) < 4.78 is 0.